The average molecular weight is 377 g/mol. The van der Waals surface area contributed by atoms with Gasteiger partial charge in [-0.15, -0.1) is 5.10 Å². The van der Waals surface area contributed by atoms with Gasteiger partial charge in [0, 0.05) is 11.6 Å². The van der Waals surface area contributed by atoms with Crippen LogP contribution in [0.2, 0.25) is 0 Å². The van der Waals surface area contributed by atoms with Gasteiger partial charge in [0.05, 0.1) is 12.3 Å². The molecule has 0 radical (unpaired) electrons. The Morgan fingerprint density at radius 2 is 1.89 bits per heavy atom. The van der Waals surface area contributed by atoms with E-state index < -0.39 is 0 Å². The molecule has 0 fully saturated rings. The molecule has 0 spiro atoms. The van der Waals surface area contributed by atoms with Crippen molar-refractivity contribution < 1.29 is 13.9 Å². The third kappa shape index (κ3) is 3.75. The van der Waals surface area contributed by atoms with Crippen molar-refractivity contribution in [1.29, 1.82) is 0 Å². The van der Waals surface area contributed by atoms with Gasteiger partial charge in [-0.3, -0.25) is 0 Å². The third-order valence-electron chi connectivity index (χ3n) is 3.88. The van der Waals surface area contributed by atoms with Crippen molar-refractivity contribution in [3.8, 4) is 29.2 Å². The molecule has 0 saturated carbocycles. The molecule has 142 valence electrons. The van der Waals surface area contributed by atoms with Crippen LogP contribution in [0.15, 0.2) is 40.8 Å². The van der Waals surface area contributed by atoms with Crippen LogP contribution in [-0.2, 0) is 0 Å². The van der Waals surface area contributed by atoms with Crippen LogP contribution in [0.3, 0.4) is 0 Å². The van der Waals surface area contributed by atoms with Gasteiger partial charge in [0.15, 0.2) is 5.52 Å². The number of aryl methyl sites for hydroxylation is 2. The second-order valence-electron chi connectivity index (χ2n) is 6.32. The van der Waals surface area contributed by atoms with Gasteiger partial charge in [0.1, 0.15) is 0 Å². The molecule has 0 N–H and O–H groups in total. The number of nitrogens with zero attached hydrogens (tertiary/aromatic N) is 5. The molecule has 0 unspecified atom stereocenters. The molecule has 0 amide bonds. The van der Waals surface area contributed by atoms with Crippen LogP contribution in [0.4, 0.5) is 0 Å². The molecule has 0 bridgehead atoms. The Hall–Kier alpha value is -3.55. The van der Waals surface area contributed by atoms with E-state index >= 15 is 0 Å². The lowest BCUT2D eigenvalue weighted by molar-refractivity contribution is 0.301. The van der Waals surface area contributed by atoms with E-state index in [1.54, 1.807) is 12.1 Å². The number of fused-ring (bicyclic) bond motifs is 1. The molecule has 0 atom stereocenters. The summed E-state index contributed by atoms with van der Waals surface area (Å²) < 4.78 is 17.3. The summed E-state index contributed by atoms with van der Waals surface area (Å²) in [6.07, 6.45) is 0.827. The van der Waals surface area contributed by atoms with Crippen LogP contribution < -0.4 is 9.47 Å². The maximum Gasteiger partial charge on any atom is 0.330 e. The van der Waals surface area contributed by atoms with Gasteiger partial charge < -0.3 is 13.9 Å². The monoisotopic (exact) mass is 377 g/mol. The highest BCUT2D eigenvalue weighted by Gasteiger charge is 2.19. The zero-order valence-corrected chi connectivity index (χ0v) is 15.8. The highest BCUT2D eigenvalue weighted by atomic mass is 16.5. The number of benzene rings is 1. The fraction of sp³-hybridized carbons (Fsp3) is 0.250. The first-order valence-electron chi connectivity index (χ1n) is 8.99. The third-order valence-corrected chi connectivity index (χ3v) is 3.88. The SMILES string of the molecule is CCCOc1nc(Oc2ccc(C)nn2)nc2oc(-c3cccc(C)c3)nc12. The summed E-state index contributed by atoms with van der Waals surface area (Å²) in [4.78, 5) is 13.2. The first-order valence-corrected chi connectivity index (χ1v) is 8.99. The number of aromatic nitrogens is 5. The summed E-state index contributed by atoms with van der Waals surface area (Å²) in [6, 6.07) is 11.4. The Balaban J connectivity index is 1.75. The minimum absolute atomic E-state index is 0.0590. The standard InChI is InChI=1S/C20H19N5O3/c1-4-10-26-18-16-19(28-17(21-16)14-7-5-6-12(2)11-14)23-20(22-18)27-15-9-8-13(3)24-25-15/h5-9,11H,4,10H2,1-3H3. The predicted molar refractivity (Wildman–Crippen MR) is 102 cm³/mol. The molecule has 28 heavy (non-hydrogen) atoms. The fourth-order valence-electron chi connectivity index (χ4n) is 2.56. The molecule has 8 heteroatoms. The van der Waals surface area contributed by atoms with Crippen LogP contribution in [-0.4, -0.2) is 31.8 Å². The van der Waals surface area contributed by atoms with E-state index in [0.717, 1.165) is 23.2 Å². The Kier molecular flexibility index (Phi) is 4.84. The van der Waals surface area contributed by atoms with Crippen molar-refractivity contribution in [1.82, 2.24) is 25.1 Å². The lowest BCUT2D eigenvalue weighted by atomic mass is 10.1. The van der Waals surface area contributed by atoms with Crippen molar-refractivity contribution >= 4 is 11.2 Å². The van der Waals surface area contributed by atoms with Gasteiger partial charge in [0.2, 0.25) is 11.8 Å². The number of ether oxygens (including phenoxy) is 2. The summed E-state index contributed by atoms with van der Waals surface area (Å²) in [5, 5.41) is 7.93. The van der Waals surface area contributed by atoms with Crippen molar-refractivity contribution in [2.24, 2.45) is 0 Å². The minimum Gasteiger partial charge on any atom is -0.476 e. The highest BCUT2D eigenvalue weighted by molar-refractivity contribution is 5.78. The van der Waals surface area contributed by atoms with Crippen LogP contribution in [0.5, 0.6) is 17.8 Å². The number of hydrogen-bond acceptors (Lipinski definition) is 8. The molecule has 4 aromatic rings. The van der Waals surface area contributed by atoms with Crippen LogP contribution in [0.1, 0.15) is 24.6 Å². The van der Waals surface area contributed by atoms with E-state index in [2.05, 4.69) is 25.1 Å². The van der Waals surface area contributed by atoms with Gasteiger partial charge in [-0.1, -0.05) is 24.6 Å². The lowest BCUT2D eigenvalue weighted by Gasteiger charge is -2.06. The fourth-order valence-corrected chi connectivity index (χ4v) is 2.56. The van der Waals surface area contributed by atoms with E-state index in [1.165, 1.54) is 0 Å². The zero-order chi connectivity index (χ0) is 19.5. The first kappa shape index (κ1) is 17.8. The smallest absolute Gasteiger partial charge is 0.330 e. The van der Waals surface area contributed by atoms with Crippen molar-refractivity contribution in [2.45, 2.75) is 27.2 Å². The van der Waals surface area contributed by atoms with Gasteiger partial charge >= 0.3 is 6.01 Å². The normalized spacial score (nSPS) is 11.0. The molecule has 0 aliphatic carbocycles. The van der Waals surface area contributed by atoms with Crippen LogP contribution in [0.25, 0.3) is 22.7 Å². The van der Waals surface area contributed by atoms with Crippen LogP contribution >= 0.6 is 0 Å². The van der Waals surface area contributed by atoms with E-state index in [9.17, 15) is 0 Å². The average Bonchev–Trinajstić information content (AvgIpc) is 3.12. The molecule has 0 aliphatic rings. The molecule has 8 nitrogen and oxygen atoms in total. The molecule has 0 saturated heterocycles. The van der Waals surface area contributed by atoms with Crippen molar-refractivity contribution in [3.63, 3.8) is 0 Å². The van der Waals surface area contributed by atoms with E-state index in [-0.39, 0.29) is 17.6 Å². The summed E-state index contributed by atoms with van der Waals surface area (Å²) in [7, 11) is 0. The summed E-state index contributed by atoms with van der Waals surface area (Å²) >= 11 is 0. The summed E-state index contributed by atoms with van der Waals surface area (Å²) in [6.45, 7) is 6.36. The predicted octanol–water partition coefficient (Wildman–Crippen LogP) is 4.27. The first-order chi connectivity index (χ1) is 13.6. The molecular weight excluding hydrogens is 358 g/mol. The Morgan fingerprint density at radius 1 is 1.00 bits per heavy atom. The van der Waals surface area contributed by atoms with E-state index in [0.29, 0.717) is 23.9 Å². The van der Waals surface area contributed by atoms with Gasteiger partial charge in [-0.25, -0.2) is 4.98 Å². The van der Waals surface area contributed by atoms with E-state index in [4.69, 9.17) is 13.9 Å². The highest BCUT2D eigenvalue weighted by Crippen LogP contribution is 2.31. The second-order valence-corrected chi connectivity index (χ2v) is 6.32. The van der Waals surface area contributed by atoms with Crippen LogP contribution in [0, 0.1) is 13.8 Å². The Morgan fingerprint density at radius 3 is 2.64 bits per heavy atom. The maximum absolute atomic E-state index is 5.87. The molecule has 3 aromatic heterocycles. The molecule has 4 rings (SSSR count). The molecule has 0 aliphatic heterocycles. The summed E-state index contributed by atoms with van der Waals surface area (Å²) in [5.74, 6) is 1.04. The lowest BCUT2D eigenvalue weighted by Crippen LogP contribution is -2.02. The second kappa shape index (κ2) is 7.59. The van der Waals surface area contributed by atoms with Gasteiger partial charge in [-0.05, 0) is 38.5 Å². The Labute approximate surface area is 161 Å². The van der Waals surface area contributed by atoms with Gasteiger partial charge in [0.25, 0.3) is 11.6 Å². The Bertz CT molecular complexity index is 1110. The summed E-state index contributed by atoms with van der Waals surface area (Å²) in [5.41, 5.74) is 3.48. The minimum atomic E-state index is 0.0590. The molecule has 1 aromatic carbocycles. The van der Waals surface area contributed by atoms with E-state index in [1.807, 2.05) is 45.0 Å². The quantitative estimate of drug-likeness (QED) is 0.491. The number of rotatable bonds is 6. The zero-order valence-electron chi connectivity index (χ0n) is 15.8. The molecular formula is C20H19N5O3. The van der Waals surface area contributed by atoms with Crippen molar-refractivity contribution in [2.75, 3.05) is 6.61 Å². The largest absolute Gasteiger partial charge is 0.476 e. The number of hydrogen-bond donors (Lipinski definition) is 0. The molecule has 3 heterocycles. The van der Waals surface area contributed by atoms with Gasteiger partial charge in [-0.2, -0.15) is 15.1 Å². The maximum atomic E-state index is 5.87. The number of oxazole rings is 1. The van der Waals surface area contributed by atoms with Crippen molar-refractivity contribution in [3.05, 3.63) is 47.7 Å². The topological polar surface area (TPSA) is 96.1 Å².